The van der Waals surface area contributed by atoms with Crippen molar-refractivity contribution in [1.29, 1.82) is 0 Å². The number of hydrogen-bond donors (Lipinski definition) is 7. The standard InChI is InChI=1S/C31H52O12S/c1-16(14-42-44(38,39)40)5-6-17(2)19-12-21(32)27-30(19,4)10-8-24-29(3)9-7-18(11-20(29)22(33)13-31(24,27)37)43-28-26(36)25(35)23(34)15-41-28/h5-6,16-28,32-37H,7-15H2,1-4H3,(H,38,39,40). The Hall–Kier alpha value is -0.710. The quantitative estimate of drug-likeness (QED) is 0.113. The number of aliphatic hydroxyl groups is 6. The molecule has 0 amide bonds. The second-order valence-corrected chi connectivity index (χ2v) is 16.2. The number of ether oxygens (including phenoxy) is 2. The van der Waals surface area contributed by atoms with E-state index in [0.717, 1.165) is 12.8 Å². The largest absolute Gasteiger partial charge is 0.397 e. The fourth-order valence-electron chi connectivity index (χ4n) is 10.3. The highest BCUT2D eigenvalue weighted by Crippen LogP contribution is 2.69. The van der Waals surface area contributed by atoms with Crippen LogP contribution in [0.3, 0.4) is 0 Å². The Bertz CT molecular complexity index is 1170. The van der Waals surface area contributed by atoms with Gasteiger partial charge < -0.3 is 40.1 Å². The second-order valence-electron chi connectivity index (χ2n) is 15.1. The Labute approximate surface area is 260 Å². The number of hydrogen-bond acceptors (Lipinski definition) is 11. The van der Waals surface area contributed by atoms with E-state index in [9.17, 15) is 39.1 Å². The van der Waals surface area contributed by atoms with Gasteiger partial charge in [-0.25, -0.2) is 4.18 Å². The van der Waals surface area contributed by atoms with Crippen molar-refractivity contribution in [3.05, 3.63) is 12.2 Å². The van der Waals surface area contributed by atoms with Crippen LogP contribution in [0.4, 0.5) is 0 Å². The van der Waals surface area contributed by atoms with Gasteiger partial charge in [0.05, 0.1) is 37.1 Å². The van der Waals surface area contributed by atoms with Gasteiger partial charge >= 0.3 is 10.4 Å². The molecule has 5 fully saturated rings. The average Bonchev–Trinajstić information content (AvgIpc) is 3.22. The molecule has 0 aromatic carbocycles. The summed E-state index contributed by atoms with van der Waals surface area (Å²) in [6.07, 6.45) is 0.967. The summed E-state index contributed by atoms with van der Waals surface area (Å²) in [7, 11) is -4.51. The van der Waals surface area contributed by atoms with Gasteiger partial charge in [0.25, 0.3) is 0 Å². The third kappa shape index (κ3) is 6.16. The van der Waals surface area contributed by atoms with Crippen LogP contribution in [-0.4, -0.2) is 105 Å². The molecule has 0 aromatic rings. The first-order valence-electron chi connectivity index (χ1n) is 16.1. The predicted octanol–water partition coefficient (Wildman–Crippen LogP) is 1.17. The fourth-order valence-corrected chi connectivity index (χ4v) is 10.7. The summed E-state index contributed by atoms with van der Waals surface area (Å²) in [5.41, 5.74) is -2.05. The van der Waals surface area contributed by atoms with E-state index >= 15 is 0 Å². The van der Waals surface area contributed by atoms with Crippen LogP contribution in [0.2, 0.25) is 0 Å². The molecule has 5 aliphatic rings. The minimum atomic E-state index is -4.51. The van der Waals surface area contributed by atoms with Crippen LogP contribution in [0.25, 0.3) is 0 Å². The number of fused-ring (bicyclic) bond motifs is 5. The van der Waals surface area contributed by atoms with Crippen LogP contribution < -0.4 is 0 Å². The SMILES string of the molecule is CC(C=CC(C)C1CC(O)C2C1(C)CCC1C3(C)CCC(OC4OCC(O)C(O)C4O)CC3C(O)CC12O)COS(=O)(=O)O. The normalized spacial score (nSPS) is 50.9. The van der Waals surface area contributed by atoms with Gasteiger partial charge in [-0.15, -0.1) is 0 Å². The maximum Gasteiger partial charge on any atom is 0.397 e. The summed E-state index contributed by atoms with van der Waals surface area (Å²) in [5.74, 6) is -0.906. The van der Waals surface area contributed by atoms with Crippen LogP contribution >= 0.6 is 0 Å². The molecule has 7 N–H and O–H groups in total. The zero-order valence-corrected chi connectivity index (χ0v) is 26.9. The Morgan fingerprint density at radius 2 is 1.61 bits per heavy atom. The molecular formula is C31H52O12S. The van der Waals surface area contributed by atoms with Crippen molar-refractivity contribution in [2.45, 2.75) is 121 Å². The number of rotatable bonds is 8. The van der Waals surface area contributed by atoms with Gasteiger partial charge in [-0.3, -0.25) is 4.55 Å². The first kappa shape index (κ1) is 34.6. The van der Waals surface area contributed by atoms with E-state index in [4.69, 9.17) is 14.0 Å². The third-order valence-electron chi connectivity index (χ3n) is 12.4. The van der Waals surface area contributed by atoms with Crippen LogP contribution in [-0.2, 0) is 24.1 Å². The molecule has 16 unspecified atom stereocenters. The van der Waals surface area contributed by atoms with Gasteiger partial charge in [0.15, 0.2) is 6.29 Å². The summed E-state index contributed by atoms with van der Waals surface area (Å²) in [6, 6.07) is 0. The molecule has 1 saturated heterocycles. The van der Waals surface area contributed by atoms with Crippen molar-refractivity contribution in [2.24, 2.45) is 46.3 Å². The van der Waals surface area contributed by atoms with E-state index in [1.54, 1.807) is 6.92 Å². The van der Waals surface area contributed by atoms with E-state index < -0.39 is 64.1 Å². The average molecular weight is 649 g/mol. The molecule has 44 heavy (non-hydrogen) atoms. The van der Waals surface area contributed by atoms with Crippen molar-refractivity contribution in [2.75, 3.05) is 13.2 Å². The van der Waals surface area contributed by atoms with Crippen molar-refractivity contribution in [3.63, 3.8) is 0 Å². The minimum absolute atomic E-state index is 0.0226. The zero-order chi connectivity index (χ0) is 32.4. The van der Waals surface area contributed by atoms with Crippen LogP contribution in [0.15, 0.2) is 12.2 Å². The van der Waals surface area contributed by atoms with Gasteiger partial charge in [-0.1, -0.05) is 39.8 Å². The monoisotopic (exact) mass is 648 g/mol. The highest BCUT2D eigenvalue weighted by molar-refractivity contribution is 7.80. The fraction of sp³-hybridized carbons (Fsp3) is 0.935. The van der Waals surface area contributed by atoms with E-state index in [1.807, 2.05) is 12.2 Å². The van der Waals surface area contributed by atoms with Crippen LogP contribution in [0, 0.1) is 46.3 Å². The van der Waals surface area contributed by atoms with Crippen molar-refractivity contribution >= 4 is 10.4 Å². The highest BCUT2D eigenvalue weighted by atomic mass is 32.3. The molecule has 0 bridgehead atoms. The Morgan fingerprint density at radius 3 is 2.30 bits per heavy atom. The van der Waals surface area contributed by atoms with Crippen molar-refractivity contribution in [3.8, 4) is 0 Å². The summed E-state index contributed by atoms with van der Waals surface area (Å²) >= 11 is 0. The molecule has 12 nitrogen and oxygen atoms in total. The molecule has 4 saturated carbocycles. The summed E-state index contributed by atoms with van der Waals surface area (Å²) in [4.78, 5) is 0. The topological polar surface area (TPSA) is 203 Å². The summed E-state index contributed by atoms with van der Waals surface area (Å²) < 4.78 is 46.8. The lowest BCUT2D eigenvalue weighted by Crippen LogP contribution is -2.68. The summed E-state index contributed by atoms with van der Waals surface area (Å²) in [6.45, 7) is 7.81. The maximum absolute atomic E-state index is 12.6. The Balaban J connectivity index is 1.29. The molecule has 5 rings (SSSR count). The van der Waals surface area contributed by atoms with E-state index in [-0.39, 0.29) is 60.7 Å². The first-order chi connectivity index (χ1) is 20.4. The van der Waals surface area contributed by atoms with Gasteiger partial charge in [-0.2, -0.15) is 8.42 Å². The molecule has 16 atom stereocenters. The highest BCUT2D eigenvalue weighted by Gasteiger charge is 2.70. The summed E-state index contributed by atoms with van der Waals surface area (Å²) in [5, 5.41) is 65.9. The lowest BCUT2D eigenvalue weighted by molar-refractivity contribution is -0.300. The zero-order valence-electron chi connectivity index (χ0n) is 26.1. The van der Waals surface area contributed by atoms with E-state index in [1.165, 1.54) is 0 Å². The molecule has 4 aliphatic carbocycles. The van der Waals surface area contributed by atoms with Gasteiger partial charge in [-0.05, 0) is 78.9 Å². The third-order valence-corrected chi connectivity index (χ3v) is 12.8. The predicted molar refractivity (Wildman–Crippen MR) is 157 cm³/mol. The van der Waals surface area contributed by atoms with Gasteiger partial charge in [0, 0.05) is 12.3 Å². The van der Waals surface area contributed by atoms with Crippen molar-refractivity contribution in [1.82, 2.24) is 0 Å². The molecular weight excluding hydrogens is 596 g/mol. The number of allylic oxidation sites excluding steroid dienone is 1. The molecule has 0 spiro atoms. The van der Waals surface area contributed by atoms with Crippen molar-refractivity contribution < 1.29 is 57.3 Å². The molecule has 1 heterocycles. The van der Waals surface area contributed by atoms with Crippen LogP contribution in [0.5, 0.6) is 0 Å². The lowest BCUT2D eigenvalue weighted by Gasteiger charge is -2.66. The first-order valence-corrected chi connectivity index (χ1v) is 17.5. The molecule has 0 aromatic heterocycles. The van der Waals surface area contributed by atoms with Gasteiger partial charge in [0.2, 0.25) is 0 Å². The molecule has 1 aliphatic heterocycles. The Kier molecular flexibility index (Phi) is 9.75. The lowest BCUT2D eigenvalue weighted by atomic mass is 9.42. The maximum atomic E-state index is 12.6. The van der Waals surface area contributed by atoms with Gasteiger partial charge in [0.1, 0.15) is 18.3 Å². The molecule has 254 valence electrons. The minimum Gasteiger partial charge on any atom is -0.393 e. The molecule has 0 radical (unpaired) electrons. The number of aliphatic hydroxyl groups excluding tert-OH is 5. The second kappa shape index (κ2) is 12.4. The van der Waals surface area contributed by atoms with E-state index in [2.05, 4.69) is 25.0 Å². The van der Waals surface area contributed by atoms with Crippen LogP contribution in [0.1, 0.15) is 72.6 Å². The molecule has 13 heteroatoms. The van der Waals surface area contributed by atoms with E-state index in [0.29, 0.717) is 25.7 Å². The Morgan fingerprint density at radius 1 is 0.932 bits per heavy atom. The smallest absolute Gasteiger partial charge is 0.393 e.